The van der Waals surface area contributed by atoms with E-state index in [4.69, 9.17) is 0 Å². The van der Waals surface area contributed by atoms with Crippen LogP contribution < -0.4 is 0 Å². The Morgan fingerprint density at radius 1 is 0.286 bits per heavy atom. The summed E-state index contributed by atoms with van der Waals surface area (Å²) in [6.07, 6.45) is 0. The number of rotatable bonds is 3. The Kier molecular flexibility index (Phi) is 6.02. The highest BCUT2D eigenvalue weighted by Gasteiger charge is 2.35. The predicted molar refractivity (Wildman–Crippen MR) is 210 cm³/mol. The van der Waals surface area contributed by atoms with Gasteiger partial charge in [-0.1, -0.05) is 153 Å². The van der Waals surface area contributed by atoms with Crippen LogP contribution in [0.15, 0.2) is 170 Å². The Bertz CT molecular complexity index is 2760. The zero-order valence-corrected chi connectivity index (χ0v) is 27.7. The number of benzene rings is 9. The standard InChI is InChI=1S/C49H34/c1-49(2)47-17-8-7-16-44(47)45-25-23-38(30-48(45)49)36-21-20-34-27-33(18-19-35(34)28-36)31-10-9-11-32(26-31)37-22-24-43-41-14-4-3-12-39(41)40-13-5-6-15-42(40)46(43)29-37/h3-30H,1-2H3. The van der Waals surface area contributed by atoms with Gasteiger partial charge in [0.2, 0.25) is 0 Å². The maximum atomic E-state index is 2.41. The molecule has 0 spiro atoms. The first-order valence-electron chi connectivity index (χ1n) is 17.3. The van der Waals surface area contributed by atoms with Crippen molar-refractivity contribution in [2.75, 3.05) is 0 Å². The molecular formula is C49H34. The van der Waals surface area contributed by atoms with E-state index in [1.165, 1.54) is 98.7 Å². The maximum absolute atomic E-state index is 2.41. The minimum atomic E-state index is -0.00274. The molecule has 0 nitrogen and oxygen atoms in total. The lowest BCUT2D eigenvalue weighted by atomic mass is 9.81. The summed E-state index contributed by atoms with van der Waals surface area (Å²) in [5, 5.41) is 10.3. The fourth-order valence-corrected chi connectivity index (χ4v) is 8.45. The quantitative estimate of drug-likeness (QED) is 0.172. The fraction of sp³-hybridized carbons (Fsp3) is 0.0612. The molecule has 0 aromatic heterocycles. The molecule has 0 amide bonds. The van der Waals surface area contributed by atoms with Crippen LogP contribution >= 0.6 is 0 Å². The first-order chi connectivity index (χ1) is 24.0. The highest BCUT2D eigenvalue weighted by Crippen LogP contribution is 2.49. The van der Waals surface area contributed by atoms with E-state index in [-0.39, 0.29) is 5.41 Å². The third-order valence-corrected chi connectivity index (χ3v) is 11.0. The van der Waals surface area contributed by atoms with Gasteiger partial charge < -0.3 is 0 Å². The van der Waals surface area contributed by atoms with Gasteiger partial charge >= 0.3 is 0 Å². The average molecular weight is 623 g/mol. The molecule has 230 valence electrons. The van der Waals surface area contributed by atoms with Crippen LogP contribution in [-0.4, -0.2) is 0 Å². The molecule has 0 heterocycles. The summed E-state index contributed by atoms with van der Waals surface area (Å²) in [4.78, 5) is 0. The van der Waals surface area contributed by atoms with Gasteiger partial charge in [0.05, 0.1) is 0 Å². The molecule has 10 rings (SSSR count). The lowest BCUT2D eigenvalue weighted by Gasteiger charge is -2.22. The molecule has 0 radical (unpaired) electrons. The van der Waals surface area contributed by atoms with Crippen molar-refractivity contribution in [1.82, 2.24) is 0 Å². The van der Waals surface area contributed by atoms with Crippen LogP contribution in [0.1, 0.15) is 25.0 Å². The first-order valence-corrected chi connectivity index (χ1v) is 17.3. The monoisotopic (exact) mass is 622 g/mol. The van der Waals surface area contributed by atoms with E-state index >= 15 is 0 Å². The summed E-state index contributed by atoms with van der Waals surface area (Å²) in [7, 11) is 0. The van der Waals surface area contributed by atoms with Gasteiger partial charge in [-0.25, -0.2) is 0 Å². The van der Waals surface area contributed by atoms with Gasteiger partial charge in [0.1, 0.15) is 0 Å². The molecular weight excluding hydrogens is 589 g/mol. The number of hydrogen-bond acceptors (Lipinski definition) is 0. The van der Waals surface area contributed by atoms with Gasteiger partial charge in [0, 0.05) is 5.41 Å². The normalized spacial score (nSPS) is 13.3. The van der Waals surface area contributed by atoms with Crippen LogP contribution in [-0.2, 0) is 5.41 Å². The molecule has 0 atom stereocenters. The number of fused-ring (bicyclic) bond motifs is 10. The molecule has 49 heavy (non-hydrogen) atoms. The van der Waals surface area contributed by atoms with Crippen molar-refractivity contribution in [2.24, 2.45) is 0 Å². The topological polar surface area (TPSA) is 0 Å². The van der Waals surface area contributed by atoms with E-state index in [0.29, 0.717) is 0 Å². The summed E-state index contributed by atoms with van der Waals surface area (Å²) in [6.45, 7) is 4.70. The van der Waals surface area contributed by atoms with E-state index < -0.39 is 0 Å². The van der Waals surface area contributed by atoms with Crippen LogP contribution in [0.25, 0.3) is 87.6 Å². The lowest BCUT2D eigenvalue weighted by Crippen LogP contribution is -2.14. The Labute approximate surface area is 286 Å². The van der Waals surface area contributed by atoms with Crippen LogP contribution in [0.3, 0.4) is 0 Å². The molecule has 0 fully saturated rings. The van der Waals surface area contributed by atoms with Crippen molar-refractivity contribution in [3.63, 3.8) is 0 Å². The van der Waals surface area contributed by atoms with Crippen LogP contribution in [0.2, 0.25) is 0 Å². The second kappa shape index (κ2) is 10.5. The predicted octanol–water partition coefficient (Wildman–Crippen LogP) is 13.6. The summed E-state index contributed by atoms with van der Waals surface area (Å²) >= 11 is 0. The Morgan fingerprint density at radius 2 is 0.735 bits per heavy atom. The Morgan fingerprint density at radius 3 is 1.39 bits per heavy atom. The highest BCUT2D eigenvalue weighted by molar-refractivity contribution is 6.25. The largest absolute Gasteiger partial charge is 0.0619 e. The van der Waals surface area contributed by atoms with Crippen molar-refractivity contribution < 1.29 is 0 Å². The molecule has 0 saturated heterocycles. The zero-order chi connectivity index (χ0) is 32.7. The summed E-state index contributed by atoms with van der Waals surface area (Å²) in [5.41, 5.74) is 13.0. The third kappa shape index (κ3) is 4.31. The van der Waals surface area contributed by atoms with Crippen molar-refractivity contribution >= 4 is 43.1 Å². The first kappa shape index (κ1) is 28.1. The fourth-order valence-electron chi connectivity index (χ4n) is 8.45. The van der Waals surface area contributed by atoms with Crippen LogP contribution in [0.5, 0.6) is 0 Å². The molecule has 1 aliphatic carbocycles. The van der Waals surface area contributed by atoms with Gasteiger partial charge in [-0.15, -0.1) is 0 Å². The summed E-state index contributed by atoms with van der Waals surface area (Å²) in [5.74, 6) is 0. The van der Waals surface area contributed by atoms with Crippen molar-refractivity contribution in [2.45, 2.75) is 19.3 Å². The summed E-state index contributed by atoms with van der Waals surface area (Å²) < 4.78 is 0. The van der Waals surface area contributed by atoms with Crippen molar-refractivity contribution in [3.05, 3.63) is 181 Å². The second-order valence-electron chi connectivity index (χ2n) is 14.1. The molecule has 0 aliphatic heterocycles. The molecule has 0 bridgehead atoms. The van der Waals surface area contributed by atoms with Gasteiger partial charge in [-0.3, -0.25) is 0 Å². The molecule has 0 unspecified atom stereocenters. The van der Waals surface area contributed by atoms with Crippen molar-refractivity contribution in [1.29, 1.82) is 0 Å². The van der Waals surface area contributed by atoms with Crippen LogP contribution in [0, 0.1) is 0 Å². The molecule has 0 heteroatoms. The van der Waals surface area contributed by atoms with E-state index in [1.807, 2.05) is 0 Å². The summed E-state index contributed by atoms with van der Waals surface area (Å²) in [6, 6.07) is 63.2. The molecule has 9 aromatic rings. The Balaban J connectivity index is 1.01. The highest BCUT2D eigenvalue weighted by atomic mass is 14.4. The molecule has 0 N–H and O–H groups in total. The third-order valence-electron chi connectivity index (χ3n) is 11.0. The lowest BCUT2D eigenvalue weighted by molar-refractivity contribution is 0.660. The molecule has 0 saturated carbocycles. The van der Waals surface area contributed by atoms with Crippen molar-refractivity contribution in [3.8, 4) is 44.5 Å². The van der Waals surface area contributed by atoms with Gasteiger partial charge in [0.25, 0.3) is 0 Å². The number of hydrogen-bond donors (Lipinski definition) is 0. The molecule has 1 aliphatic rings. The van der Waals surface area contributed by atoms with E-state index in [0.717, 1.165) is 0 Å². The smallest absolute Gasteiger partial charge is 0.0159 e. The Hall–Kier alpha value is -5.98. The van der Waals surface area contributed by atoms with Gasteiger partial charge in [-0.05, 0) is 129 Å². The zero-order valence-electron chi connectivity index (χ0n) is 27.7. The van der Waals surface area contributed by atoms with E-state index in [1.54, 1.807) is 0 Å². The SMILES string of the molecule is CC1(C)c2ccccc2-c2ccc(-c3ccc4cc(-c5cccc(-c6ccc7c8ccccc8c8ccccc8c7c6)c5)ccc4c3)cc21. The maximum Gasteiger partial charge on any atom is 0.0159 e. The minimum Gasteiger partial charge on any atom is -0.0619 e. The average Bonchev–Trinajstić information content (AvgIpc) is 3.40. The van der Waals surface area contributed by atoms with Gasteiger partial charge in [0.15, 0.2) is 0 Å². The van der Waals surface area contributed by atoms with E-state index in [2.05, 4.69) is 184 Å². The van der Waals surface area contributed by atoms with E-state index in [9.17, 15) is 0 Å². The van der Waals surface area contributed by atoms with Gasteiger partial charge in [-0.2, -0.15) is 0 Å². The minimum absolute atomic E-state index is 0.00274. The van der Waals surface area contributed by atoms with Crippen LogP contribution in [0.4, 0.5) is 0 Å². The molecule has 9 aromatic carbocycles. The second-order valence-corrected chi connectivity index (χ2v) is 14.1.